The molecule has 0 saturated heterocycles. The first-order chi connectivity index (χ1) is 21.7. The van der Waals surface area contributed by atoms with Gasteiger partial charge in [-0.2, -0.15) is 15.8 Å². The molecule has 0 saturated carbocycles. The summed E-state index contributed by atoms with van der Waals surface area (Å²) in [6, 6.07) is 45.6. The third-order valence-electron chi connectivity index (χ3n) is 8.23. The molecule has 8 rings (SSSR count). The molecule has 0 unspecified atom stereocenters. The molecular weight excluding hydrogens is 575 g/mol. The van der Waals surface area contributed by atoms with Gasteiger partial charge in [-0.3, -0.25) is 0 Å². The zero-order valence-corrected chi connectivity index (χ0v) is 24.8. The third kappa shape index (κ3) is 3.91. The molecule has 0 aliphatic carbocycles. The summed E-state index contributed by atoms with van der Waals surface area (Å²) in [4.78, 5) is 0. The fraction of sp³-hybridized carbons (Fsp3) is 0. The van der Waals surface area contributed by atoms with Crippen LogP contribution in [0.3, 0.4) is 0 Å². The van der Waals surface area contributed by atoms with Gasteiger partial charge in [0.2, 0.25) is 0 Å². The lowest BCUT2D eigenvalue weighted by Crippen LogP contribution is -1.96. The third-order valence-corrected chi connectivity index (χ3v) is 10.5. The van der Waals surface area contributed by atoms with Gasteiger partial charge >= 0.3 is 0 Å². The van der Waals surface area contributed by atoms with Crippen LogP contribution in [0.2, 0.25) is 0 Å². The maximum atomic E-state index is 10.8. The average molecular weight is 594 g/mol. The highest BCUT2D eigenvalue weighted by Gasteiger charge is 2.21. The van der Waals surface area contributed by atoms with Crippen molar-refractivity contribution in [1.82, 2.24) is 0 Å². The summed E-state index contributed by atoms with van der Waals surface area (Å²) in [6.45, 7) is 0. The Kier molecular flexibility index (Phi) is 6.00. The second-order valence-corrected chi connectivity index (χ2v) is 12.8. The van der Waals surface area contributed by atoms with Crippen LogP contribution in [0.4, 0.5) is 0 Å². The second kappa shape index (κ2) is 10.2. The van der Waals surface area contributed by atoms with Crippen molar-refractivity contribution in [2.24, 2.45) is 0 Å². The lowest BCUT2D eigenvalue weighted by Gasteiger charge is -2.16. The minimum absolute atomic E-state index is 0.421. The van der Waals surface area contributed by atoms with Crippen molar-refractivity contribution in [1.29, 1.82) is 15.8 Å². The quantitative estimate of drug-likeness (QED) is 0.205. The number of fused-ring (bicyclic) bond motifs is 6. The van der Waals surface area contributed by atoms with Gasteiger partial charge < -0.3 is 0 Å². The first kappa shape index (κ1) is 25.9. The molecule has 0 aliphatic rings. The molecule has 0 aliphatic heterocycles. The largest absolute Gasteiger partial charge is 0.192 e. The van der Waals surface area contributed by atoms with Crippen LogP contribution in [0.15, 0.2) is 115 Å². The smallest absolute Gasteiger partial charge is 0.100 e. The van der Waals surface area contributed by atoms with Crippen LogP contribution < -0.4 is 0 Å². The van der Waals surface area contributed by atoms with Gasteiger partial charge in [-0.1, -0.05) is 66.7 Å². The summed E-state index contributed by atoms with van der Waals surface area (Å²) in [5, 5.41) is 35.6. The van der Waals surface area contributed by atoms with E-state index in [4.69, 9.17) is 0 Å². The number of nitrogens with zero attached hydrogens (tertiary/aromatic N) is 3. The van der Waals surface area contributed by atoms with Crippen molar-refractivity contribution in [2.75, 3.05) is 0 Å². The Morgan fingerprint density at radius 3 is 1.80 bits per heavy atom. The van der Waals surface area contributed by atoms with Crippen molar-refractivity contribution in [3.8, 4) is 51.6 Å². The highest BCUT2D eigenvalue weighted by atomic mass is 32.1. The Balaban J connectivity index is 1.49. The molecule has 6 aromatic carbocycles. The maximum Gasteiger partial charge on any atom is 0.100 e. The molecular formula is C39H19N3S2. The van der Waals surface area contributed by atoms with E-state index >= 15 is 0 Å². The topological polar surface area (TPSA) is 71.4 Å². The summed E-state index contributed by atoms with van der Waals surface area (Å²) in [5.41, 5.74) is 6.13. The van der Waals surface area contributed by atoms with Crippen LogP contribution >= 0.6 is 22.7 Å². The fourth-order valence-electron chi connectivity index (χ4n) is 6.29. The normalized spacial score (nSPS) is 11.1. The van der Waals surface area contributed by atoms with Crippen molar-refractivity contribution in [3.05, 3.63) is 132 Å². The van der Waals surface area contributed by atoms with Crippen LogP contribution in [-0.4, -0.2) is 0 Å². The molecule has 44 heavy (non-hydrogen) atoms. The van der Waals surface area contributed by atoms with Gasteiger partial charge in [-0.05, 0) is 65.2 Å². The van der Waals surface area contributed by atoms with E-state index in [0.717, 1.165) is 48.0 Å². The molecule has 0 N–H and O–H groups in total. The van der Waals surface area contributed by atoms with Gasteiger partial charge in [-0.15, -0.1) is 22.7 Å². The second-order valence-electron chi connectivity index (χ2n) is 10.6. The van der Waals surface area contributed by atoms with Gasteiger partial charge in [0, 0.05) is 57.0 Å². The zero-order chi connectivity index (χ0) is 29.8. The van der Waals surface area contributed by atoms with Crippen LogP contribution in [0.5, 0.6) is 0 Å². The van der Waals surface area contributed by atoms with Gasteiger partial charge in [0.05, 0.1) is 28.8 Å². The minimum atomic E-state index is 0.421. The number of hydrogen-bond donors (Lipinski definition) is 0. The summed E-state index contributed by atoms with van der Waals surface area (Å²) in [7, 11) is 0. The molecule has 5 heteroatoms. The van der Waals surface area contributed by atoms with Gasteiger partial charge in [-0.25, -0.2) is 0 Å². The highest BCUT2D eigenvalue weighted by Crippen LogP contribution is 2.45. The van der Waals surface area contributed by atoms with E-state index in [-0.39, 0.29) is 0 Å². The van der Waals surface area contributed by atoms with Crippen LogP contribution in [0, 0.1) is 34.0 Å². The van der Waals surface area contributed by atoms with Gasteiger partial charge in [0.25, 0.3) is 0 Å². The minimum Gasteiger partial charge on any atom is -0.192 e. The Hall–Kier alpha value is -5.77. The first-order valence-corrected chi connectivity index (χ1v) is 15.7. The standard InChI is InChI=1S/C39H19N3S2/c40-20-24-7-5-8-25(21-41)38(24)26-17-31(23-15-16-28-27-9-1-3-12-34(27)44-37(28)19-23)33(22-42)32(18-26)29-11-6-14-36-39(29)30-10-2-4-13-35(30)43-36/h1-19H. The first-order valence-electron chi connectivity index (χ1n) is 14.0. The molecule has 0 fully saturated rings. The zero-order valence-electron chi connectivity index (χ0n) is 23.1. The number of hydrogen-bond acceptors (Lipinski definition) is 5. The molecule has 0 radical (unpaired) electrons. The van der Waals surface area contributed by atoms with Crippen LogP contribution in [-0.2, 0) is 0 Å². The van der Waals surface area contributed by atoms with Crippen LogP contribution in [0.1, 0.15) is 16.7 Å². The van der Waals surface area contributed by atoms with Gasteiger partial charge in [0.15, 0.2) is 0 Å². The average Bonchev–Trinajstić information content (AvgIpc) is 3.65. The number of nitriles is 3. The summed E-state index contributed by atoms with van der Waals surface area (Å²) >= 11 is 3.47. The van der Waals surface area contributed by atoms with E-state index in [1.165, 1.54) is 20.2 Å². The number of benzene rings is 6. The molecule has 0 spiro atoms. The van der Waals surface area contributed by atoms with E-state index < -0.39 is 0 Å². The fourth-order valence-corrected chi connectivity index (χ4v) is 8.57. The Morgan fingerprint density at radius 1 is 0.432 bits per heavy atom. The van der Waals surface area contributed by atoms with Crippen molar-refractivity contribution >= 4 is 63.0 Å². The van der Waals surface area contributed by atoms with E-state index in [2.05, 4.69) is 84.9 Å². The summed E-state index contributed by atoms with van der Waals surface area (Å²) < 4.78 is 4.68. The lowest BCUT2D eigenvalue weighted by atomic mass is 9.85. The molecule has 202 valence electrons. The van der Waals surface area contributed by atoms with E-state index in [9.17, 15) is 15.8 Å². The van der Waals surface area contributed by atoms with Crippen LogP contribution in [0.25, 0.3) is 73.7 Å². The van der Waals surface area contributed by atoms with E-state index in [1.807, 2.05) is 30.3 Å². The molecule has 8 aromatic rings. The van der Waals surface area contributed by atoms with E-state index in [1.54, 1.807) is 40.9 Å². The van der Waals surface area contributed by atoms with E-state index in [0.29, 0.717) is 22.3 Å². The predicted octanol–water partition coefficient (Wildman–Crippen LogP) is 11.0. The van der Waals surface area contributed by atoms with Crippen molar-refractivity contribution in [2.45, 2.75) is 0 Å². The molecule has 3 nitrogen and oxygen atoms in total. The summed E-state index contributed by atoms with van der Waals surface area (Å²) in [5.74, 6) is 0. The Bertz CT molecular complexity index is 2570. The molecule has 0 bridgehead atoms. The number of rotatable bonds is 3. The maximum absolute atomic E-state index is 10.8. The van der Waals surface area contributed by atoms with Gasteiger partial charge in [0.1, 0.15) is 6.07 Å². The van der Waals surface area contributed by atoms with Crippen molar-refractivity contribution < 1.29 is 0 Å². The predicted molar refractivity (Wildman–Crippen MR) is 183 cm³/mol. The Labute approximate surface area is 261 Å². The lowest BCUT2D eigenvalue weighted by molar-refractivity contribution is 1.43. The molecule has 2 aromatic heterocycles. The monoisotopic (exact) mass is 593 g/mol. The summed E-state index contributed by atoms with van der Waals surface area (Å²) in [6.07, 6.45) is 0. The number of thiophene rings is 2. The van der Waals surface area contributed by atoms with Crippen molar-refractivity contribution in [3.63, 3.8) is 0 Å². The molecule has 0 amide bonds. The highest BCUT2D eigenvalue weighted by molar-refractivity contribution is 7.26. The molecule has 0 atom stereocenters. The molecule has 2 heterocycles. The SMILES string of the molecule is N#Cc1cccc(C#N)c1-c1cc(-c2ccc3c(c2)sc2ccccc23)c(C#N)c(-c2cccc3sc4ccccc4c23)c1. The Morgan fingerprint density at radius 2 is 1.05 bits per heavy atom.